The molecule has 0 bridgehead atoms. The second-order valence-corrected chi connectivity index (χ2v) is 7.91. The van der Waals surface area contributed by atoms with Gasteiger partial charge in [0.15, 0.2) is 11.0 Å². The predicted molar refractivity (Wildman–Crippen MR) is 128 cm³/mol. The van der Waals surface area contributed by atoms with Gasteiger partial charge in [-0.3, -0.25) is 9.36 Å². The second-order valence-electron chi connectivity index (χ2n) is 6.96. The van der Waals surface area contributed by atoms with E-state index in [9.17, 15) is 4.79 Å². The fourth-order valence-corrected chi connectivity index (χ4v) is 3.83. The van der Waals surface area contributed by atoms with Crippen LogP contribution in [0.5, 0.6) is 5.75 Å². The number of nitrogens with zero attached hydrogens (tertiary/aromatic N) is 4. The van der Waals surface area contributed by atoms with Crippen LogP contribution in [0.2, 0.25) is 0 Å². The smallest absolute Gasteiger partial charge is 0.250 e. The first kappa shape index (κ1) is 22.3. The average Bonchev–Trinajstić information content (AvgIpc) is 3.45. The number of hydrazone groups is 1. The van der Waals surface area contributed by atoms with Crippen molar-refractivity contribution < 1.29 is 13.9 Å². The standard InChI is InChI=1S/C24H23N5O3S/c1-3-31-20-13-10-19(11-14-20)29-23(18-7-5-4-6-8-18)27-28-24(29)33-16-22(30)26-25-15-21-12-9-17(2)32-21/h4-15H,3,16H2,1-2H3,(H,26,30)/b25-15-. The van der Waals surface area contributed by atoms with Crippen molar-refractivity contribution in [3.63, 3.8) is 0 Å². The molecule has 1 N–H and O–H groups in total. The van der Waals surface area contributed by atoms with Gasteiger partial charge in [0.2, 0.25) is 0 Å². The lowest BCUT2D eigenvalue weighted by Crippen LogP contribution is -2.19. The van der Waals surface area contributed by atoms with Gasteiger partial charge in [-0.2, -0.15) is 5.10 Å². The van der Waals surface area contributed by atoms with Crippen LogP contribution in [0.25, 0.3) is 17.1 Å². The first-order valence-electron chi connectivity index (χ1n) is 10.4. The molecular weight excluding hydrogens is 438 g/mol. The Morgan fingerprint density at radius 3 is 2.61 bits per heavy atom. The van der Waals surface area contributed by atoms with Crippen LogP contribution in [0, 0.1) is 6.92 Å². The summed E-state index contributed by atoms with van der Waals surface area (Å²) in [6.45, 7) is 4.39. The number of nitrogens with one attached hydrogen (secondary N) is 1. The van der Waals surface area contributed by atoms with Crippen LogP contribution in [-0.4, -0.2) is 39.2 Å². The van der Waals surface area contributed by atoms with Gasteiger partial charge in [0, 0.05) is 11.3 Å². The number of ether oxygens (including phenoxy) is 1. The lowest BCUT2D eigenvalue weighted by Gasteiger charge is -2.11. The topological polar surface area (TPSA) is 94.5 Å². The van der Waals surface area contributed by atoms with Crippen LogP contribution < -0.4 is 10.2 Å². The van der Waals surface area contributed by atoms with Gasteiger partial charge in [-0.05, 0) is 50.2 Å². The number of aromatic nitrogens is 3. The summed E-state index contributed by atoms with van der Waals surface area (Å²) in [6, 6.07) is 21.1. The second kappa shape index (κ2) is 10.6. The largest absolute Gasteiger partial charge is 0.494 e. The Bertz CT molecular complexity index is 1230. The number of carbonyl (C=O) groups is 1. The SMILES string of the molecule is CCOc1ccc(-n2c(SCC(=O)N/N=C\c3ccc(C)o3)nnc2-c2ccccc2)cc1. The molecular formula is C24H23N5O3S. The van der Waals surface area contributed by atoms with Crippen molar-refractivity contribution in [3.8, 4) is 22.8 Å². The molecule has 2 aromatic carbocycles. The molecule has 0 saturated heterocycles. The fraction of sp³-hybridized carbons (Fsp3) is 0.167. The third-order valence-electron chi connectivity index (χ3n) is 4.55. The van der Waals surface area contributed by atoms with Crippen molar-refractivity contribution in [2.45, 2.75) is 19.0 Å². The molecule has 2 aromatic heterocycles. The lowest BCUT2D eigenvalue weighted by atomic mass is 10.2. The van der Waals surface area contributed by atoms with E-state index in [-0.39, 0.29) is 11.7 Å². The highest BCUT2D eigenvalue weighted by molar-refractivity contribution is 7.99. The Morgan fingerprint density at radius 1 is 1.12 bits per heavy atom. The molecule has 0 unspecified atom stereocenters. The van der Waals surface area contributed by atoms with Gasteiger partial charge >= 0.3 is 0 Å². The number of benzene rings is 2. The summed E-state index contributed by atoms with van der Waals surface area (Å²) in [5.41, 5.74) is 4.30. The van der Waals surface area contributed by atoms with Crippen LogP contribution in [0.1, 0.15) is 18.4 Å². The molecule has 8 nitrogen and oxygen atoms in total. The summed E-state index contributed by atoms with van der Waals surface area (Å²) in [6.07, 6.45) is 1.46. The molecule has 0 saturated carbocycles. The van der Waals surface area contributed by atoms with E-state index in [1.165, 1.54) is 18.0 Å². The maximum absolute atomic E-state index is 12.3. The van der Waals surface area contributed by atoms with Crippen molar-refractivity contribution in [2.24, 2.45) is 5.10 Å². The van der Waals surface area contributed by atoms with Crippen LogP contribution in [0.4, 0.5) is 0 Å². The van der Waals surface area contributed by atoms with E-state index in [0.29, 0.717) is 23.3 Å². The molecule has 4 aromatic rings. The van der Waals surface area contributed by atoms with E-state index in [1.54, 1.807) is 6.07 Å². The van der Waals surface area contributed by atoms with E-state index in [1.807, 2.05) is 79.1 Å². The number of amides is 1. The van der Waals surface area contributed by atoms with Gasteiger partial charge < -0.3 is 9.15 Å². The summed E-state index contributed by atoms with van der Waals surface area (Å²) in [5.74, 6) is 2.69. The van der Waals surface area contributed by atoms with Gasteiger partial charge in [0.1, 0.15) is 17.3 Å². The first-order valence-corrected chi connectivity index (χ1v) is 11.4. The van der Waals surface area contributed by atoms with E-state index in [0.717, 1.165) is 22.8 Å². The van der Waals surface area contributed by atoms with Crippen LogP contribution in [-0.2, 0) is 4.79 Å². The highest BCUT2D eigenvalue weighted by Crippen LogP contribution is 2.28. The zero-order chi connectivity index (χ0) is 23.0. The summed E-state index contributed by atoms with van der Waals surface area (Å²) < 4.78 is 12.9. The quantitative estimate of drug-likeness (QED) is 0.224. The molecule has 0 radical (unpaired) electrons. The van der Waals surface area contributed by atoms with E-state index in [4.69, 9.17) is 9.15 Å². The average molecular weight is 462 g/mol. The molecule has 0 atom stereocenters. The third-order valence-corrected chi connectivity index (χ3v) is 5.47. The van der Waals surface area contributed by atoms with Gasteiger partial charge in [0.25, 0.3) is 5.91 Å². The molecule has 0 aliphatic rings. The minimum Gasteiger partial charge on any atom is -0.494 e. The Balaban J connectivity index is 1.52. The molecule has 1 amide bonds. The Kier molecular flexibility index (Phi) is 7.21. The van der Waals surface area contributed by atoms with Crippen LogP contribution in [0.3, 0.4) is 0 Å². The number of carbonyl (C=O) groups excluding carboxylic acids is 1. The lowest BCUT2D eigenvalue weighted by molar-refractivity contribution is -0.118. The number of rotatable bonds is 9. The minimum atomic E-state index is -0.262. The van der Waals surface area contributed by atoms with Crippen LogP contribution >= 0.6 is 11.8 Å². The maximum Gasteiger partial charge on any atom is 0.250 e. The highest BCUT2D eigenvalue weighted by Gasteiger charge is 2.17. The Hall–Kier alpha value is -3.85. The molecule has 0 fully saturated rings. The van der Waals surface area contributed by atoms with Crippen molar-refractivity contribution in [3.05, 3.63) is 78.3 Å². The molecule has 2 heterocycles. The van der Waals surface area contributed by atoms with E-state index >= 15 is 0 Å². The molecule has 33 heavy (non-hydrogen) atoms. The molecule has 9 heteroatoms. The van der Waals surface area contributed by atoms with Crippen molar-refractivity contribution in [1.82, 2.24) is 20.2 Å². The maximum atomic E-state index is 12.3. The number of thioether (sulfide) groups is 1. The Morgan fingerprint density at radius 2 is 1.91 bits per heavy atom. The van der Waals surface area contributed by atoms with Gasteiger partial charge in [-0.1, -0.05) is 42.1 Å². The monoisotopic (exact) mass is 461 g/mol. The predicted octanol–water partition coefficient (Wildman–Crippen LogP) is 4.48. The van der Waals surface area contributed by atoms with Crippen molar-refractivity contribution in [1.29, 1.82) is 0 Å². The fourth-order valence-electron chi connectivity index (χ4n) is 3.08. The zero-order valence-corrected chi connectivity index (χ0v) is 19.1. The first-order chi connectivity index (χ1) is 16.1. The summed E-state index contributed by atoms with van der Waals surface area (Å²) >= 11 is 1.28. The number of aryl methyl sites for hydroxylation is 1. The third kappa shape index (κ3) is 5.69. The van der Waals surface area contributed by atoms with Gasteiger partial charge in [-0.25, -0.2) is 5.43 Å². The Labute approximate surface area is 195 Å². The number of hydrogen-bond acceptors (Lipinski definition) is 7. The minimum absolute atomic E-state index is 0.123. The van der Waals surface area contributed by atoms with Crippen molar-refractivity contribution >= 4 is 23.9 Å². The molecule has 0 spiro atoms. The normalized spacial score (nSPS) is 11.1. The van der Waals surface area contributed by atoms with Gasteiger partial charge in [0.05, 0.1) is 18.6 Å². The van der Waals surface area contributed by atoms with Crippen LogP contribution in [0.15, 0.2) is 81.4 Å². The highest BCUT2D eigenvalue weighted by atomic mass is 32.2. The molecule has 168 valence electrons. The molecule has 4 rings (SSSR count). The van der Waals surface area contributed by atoms with E-state index < -0.39 is 0 Å². The zero-order valence-electron chi connectivity index (χ0n) is 18.3. The number of furan rings is 1. The van der Waals surface area contributed by atoms with E-state index in [2.05, 4.69) is 20.7 Å². The summed E-state index contributed by atoms with van der Waals surface area (Å²) in [4.78, 5) is 12.3. The van der Waals surface area contributed by atoms with Crippen molar-refractivity contribution in [2.75, 3.05) is 12.4 Å². The van der Waals surface area contributed by atoms with Gasteiger partial charge in [-0.15, -0.1) is 10.2 Å². The molecule has 0 aliphatic carbocycles. The summed E-state index contributed by atoms with van der Waals surface area (Å²) in [7, 11) is 0. The number of hydrogen-bond donors (Lipinski definition) is 1. The summed E-state index contributed by atoms with van der Waals surface area (Å²) in [5, 5.41) is 13.3. The molecule has 0 aliphatic heterocycles.